The molecule has 1 rings (SSSR count). The molecule has 2 nitrogen and oxygen atoms in total. The second kappa shape index (κ2) is 5.07. The highest BCUT2D eigenvalue weighted by Crippen LogP contribution is 2.46. The van der Waals surface area contributed by atoms with Gasteiger partial charge in [-0.2, -0.15) is 26.3 Å². The molecule has 0 amide bonds. The fourth-order valence-electron chi connectivity index (χ4n) is 1.59. The van der Waals surface area contributed by atoms with Crippen LogP contribution in [0.25, 0.3) is 0 Å². The molecule has 0 fully saturated rings. The zero-order valence-corrected chi connectivity index (χ0v) is 9.51. The second-order valence-electron chi connectivity index (χ2n) is 3.81. The van der Waals surface area contributed by atoms with Crippen molar-refractivity contribution in [2.45, 2.75) is 18.3 Å². The van der Waals surface area contributed by atoms with Gasteiger partial charge in [-0.25, -0.2) is 4.79 Å². The zero-order valence-electron chi connectivity index (χ0n) is 9.51. The Balaban J connectivity index is 3.53. The van der Waals surface area contributed by atoms with E-state index in [1.807, 2.05) is 5.92 Å². The summed E-state index contributed by atoms with van der Waals surface area (Å²) in [5, 5.41) is 8.69. The van der Waals surface area contributed by atoms with Crippen LogP contribution in [-0.4, -0.2) is 23.4 Å². The van der Waals surface area contributed by atoms with E-state index in [9.17, 15) is 31.1 Å². The van der Waals surface area contributed by atoms with Gasteiger partial charge in [0.15, 0.2) is 5.92 Å². The Labute approximate surface area is 109 Å². The minimum absolute atomic E-state index is 0.314. The Kier molecular flexibility index (Phi) is 4.03. The molecule has 0 spiro atoms. The third-order valence-electron chi connectivity index (χ3n) is 2.36. The van der Waals surface area contributed by atoms with E-state index in [-0.39, 0.29) is 5.56 Å². The second-order valence-corrected chi connectivity index (χ2v) is 3.81. The molecule has 1 aromatic carbocycles. The maximum atomic E-state index is 12.6. The largest absolute Gasteiger partial charge is 0.478 e. The number of hydrogen-bond donors (Lipinski definition) is 1. The van der Waals surface area contributed by atoms with Crippen molar-refractivity contribution in [2.75, 3.05) is 0 Å². The van der Waals surface area contributed by atoms with Crippen LogP contribution in [0.2, 0.25) is 0 Å². The first-order chi connectivity index (χ1) is 8.96. The summed E-state index contributed by atoms with van der Waals surface area (Å²) < 4.78 is 75.3. The van der Waals surface area contributed by atoms with Crippen molar-refractivity contribution in [2.24, 2.45) is 0 Å². The van der Waals surface area contributed by atoms with E-state index in [4.69, 9.17) is 11.5 Å². The number of halogens is 6. The zero-order chi connectivity index (χ0) is 15.7. The third kappa shape index (κ3) is 3.44. The van der Waals surface area contributed by atoms with Crippen LogP contribution in [0.1, 0.15) is 27.4 Å². The van der Waals surface area contributed by atoms with Crippen molar-refractivity contribution in [3.05, 3.63) is 34.9 Å². The smallest absolute Gasteiger partial charge is 0.404 e. The molecule has 0 unspecified atom stereocenters. The van der Waals surface area contributed by atoms with E-state index in [2.05, 4.69) is 0 Å². The summed E-state index contributed by atoms with van der Waals surface area (Å²) >= 11 is 0. The van der Waals surface area contributed by atoms with Crippen LogP contribution in [0, 0.1) is 12.3 Å². The number of benzene rings is 1. The number of alkyl halides is 6. The van der Waals surface area contributed by atoms with Gasteiger partial charge in [-0.3, -0.25) is 0 Å². The summed E-state index contributed by atoms with van der Waals surface area (Å²) in [6, 6.07) is 1.63. The van der Waals surface area contributed by atoms with Crippen LogP contribution in [-0.2, 0) is 0 Å². The Morgan fingerprint density at radius 1 is 1.10 bits per heavy atom. The highest BCUT2D eigenvalue weighted by Gasteiger charge is 2.57. The SMILES string of the molecule is C#Cc1cc(C(=O)O)cc(C(C(F)(F)F)C(F)(F)F)c1. The Morgan fingerprint density at radius 3 is 1.95 bits per heavy atom. The van der Waals surface area contributed by atoms with Crippen LogP contribution in [0.15, 0.2) is 18.2 Å². The van der Waals surface area contributed by atoms with Gasteiger partial charge in [-0.15, -0.1) is 6.42 Å². The monoisotopic (exact) mass is 296 g/mol. The number of carboxylic acids is 1. The number of rotatable bonds is 2. The quantitative estimate of drug-likeness (QED) is 0.669. The van der Waals surface area contributed by atoms with Gasteiger partial charge in [0.2, 0.25) is 0 Å². The van der Waals surface area contributed by atoms with Gasteiger partial charge in [0, 0.05) is 5.56 Å². The summed E-state index contributed by atoms with van der Waals surface area (Å²) in [7, 11) is 0. The molecule has 0 aliphatic heterocycles. The topological polar surface area (TPSA) is 37.3 Å². The number of terminal acetylenes is 1. The first-order valence-corrected chi connectivity index (χ1v) is 4.95. The predicted octanol–water partition coefficient (Wildman–Crippen LogP) is 3.57. The standard InChI is InChI=1S/C12H6F6O2/c1-2-6-3-7(5-8(4-6)10(19)20)9(11(13,14)15)12(16,17)18/h1,3-5,9H,(H,19,20). The predicted molar refractivity (Wildman–Crippen MR) is 56.2 cm³/mol. The van der Waals surface area contributed by atoms with E-state index in [0.717, 1.165) is 6.07 Å². The lowest BCUT2D eigenvalue weighted by atomic mass is 9.94. The Hall–Kier alpha value is -2.17. The first kappa shape index (κ1) is 15.9. The molecule has 0 atom stereocenters. The van der Waals surface area contributed by atoms with E-state index in [1.54, 1.807) is 0 Å². The van der Waals surface area contributed by atoms with Crippen LogP contribution in [0.3, 0.4) is 0 Å². The summed E-state index contributed by atoms with van der Waals surface area (Å²) in [4.78, 5) is 10.7. The molecule has 1 N–H and O–H groups in total. The summed E-state index contributed by atoms with van der Waals surface area (Å²) in [5.41, 5.74) is -2.37. The number of hydrogen-bond acceptors (Lipinski definition) is 1. The van der Waals surface area contributed by atoms with Gasteiger partial charge in [-0.1, -0.05) is 5.92 Å². The van der Waals surface area contributed by atoms with Gasteiger partial charge in [0.1, 0.15) is 0 Å². The molecule has 0 saturated carbocycles. The number of carboxylic acid groups (broad SMARTS) is 1. The first-order valence-electron chi connectivity index (χ1n) is 4.95. The fraction of sp³-hybridized carbons (Fsp3) is 0.250. The third-order valence-corrected chi connectivity index (χ3v) is 2.36. The molecule has 1 aromatic rings. The lowest BCUT2D eigenvalue weighted by molar-refractivity contribution is -0.253. The molecular formula is C12H6F6O2. The Morgan fingerprint density at radius 2 is 1.60 bits per heavy atom. The van der Waals surface area contributed by atoms with Crippen LogP contribution in [0.4, 0.5) is 26.3 Å². The minimum atomic E-state index is -5.61. The normalized spacial score (nSPS) is 12.3. The molecule has 8 heteroatoms. The van der Waals surface area contributed by atoms with Crippen LogP contribution >= 0.6 is 0 Å². The molecular weight excluding hydrogens is 290 g/mol. The summed E-state index contributed by atoms with van der Waals surface area (Å²) in [6.07, 6.45) is -6.32. The maximum absolute atomic E-state index is 12.6. The molecule has 0 heterocycles. The molecule has 0 aliphatic carbocycles. The van der Waals surface area contributed by atoms with Gasteiger partial charge < -0.3 is 5.11 Å². The molecule has 108 valence electrons. The summed E-state index contributed by atoms with van der Waals surface area (Å²) in [5.74, 6) is -3.64. The minimum Gasteiger partial charge on any atom is -0.478 e. The number of carbonyl (C=O) groups is 1. The maximum Gasteiger partial charge on any atom is 0.404 e. The van der Waals surface area contributed by atoms with Crippen molar-refractivity contribution in [3.8, 4) is 12.3 Å². The van der Waals surface area contributed by atoms with Crippen LogP contribution in [0.5, 0.6) is 0 Å². The van der Waals surface area contributed by atoms with E-state index >= 15 is 0 Å². The van der Waals surface area contributed by atoms with Crippen molar-refractivity contribution >= 4 is 5.97 Å². The molecule has 0 aliphatic rings. The average molecular weight is 296 g/mol. The molecule has 0 bridgehead atoms. The molecule has 0 saturated heterocycles. The van der Waals surface area contributed by atoms with Crippen molar-refractivity contribution in [1.82, 2.24) is 0 Å². The van der Waals surface area contributed by atoms with E-state index in [0.29, 0.717) is 12.1 Å². The highest BCUT2D eigenvalue weighted by atomic mass is 19.4. The lowest BCUT2D eigenvalue weighted by Crippen LogP contribution is -2.34. The van der Waals surface area contributed by atoms with Gasteiger partial charge in [-0.05, 0) is 23.8 Å². The van der Waals surface area contributed by atoms with Crippen molar-refractivity contribution in [1.29, 1.82) is 0 Å². The van der Waals surface area contributed by atoms with Crippen LogP contribution < -0.4 is 0 Å². The van der Waals surface area contributed by atoms with Crippen molar-refractivity contribution < 1.29 is 36.2 Å². The van der Waals surface area contributed by atoms with E-state index < -0.39 is 35.4 Å². The fourth-order valence-corrected chi connectivity index (χ4v) is 1.59. The lowest BCUT2D eigenvalue weighted by Gasteiger charge is -2.23. The van der Waals surface area contributed by atoms with Gasteiger partial charge in [0.05, 0.1) is 5.56 Å². The van der Waals surface area contributed by atoms with Gasteiger partial charge >= 0.3 is 18.3 Å². The van der Waals surface area contributed by atoms with Gasteiger partial charge in [0.25, 0.3) is 0 Å². The highest BCUT2D eigenvalue weighted by molar-refractivity contribution is 5.88. The summed E-state index contributed by atoms with van der Waals surface area (Å²) in [6.45, 7) is 0. The average Bonchev–Trinajstić information content (AvgIpc) is 2.24. The molecule has 0 radical (unpaired) electrons. The number of aromatic carboxylic acids is 1. The Bertz CT molecular complexity index is 551. The van der Waals surface area contributed by atoms with Crippen molar-refractivity contribution in [3.63, 3.8) is 0 Å². The van der Waals surface area contributed by atoms with E-state index in [1.165, 1.54) is 0 Å². The molecule has 20 heavy (non-hydrogen) atoms. The molecule has 0 aromatic heterocycles.